The van der Waals surface area contributed by atoms with Crippen LogP contribution in [0.2, 0.25) is 0 Å². The van der Waals surface area contributed by atoms with Gasteiger partial charge in [-0.1, -0.05) is 30.3 Å². The summed E-state index contributed by atoms with van der Waals surface area (Å²) >= 11 is 0. The molecule has 1 aliphatic rings. The summed E-state index contributed by atoms with van der Waals surface area (Å²) in [5.41, 5.74) is 7.33. The highest BCUT2D eigenvalue weighted by Gasteiger charge is 2.31. The quantitative estimate of drug-likeness (QED) is 0.695. The second-order valence-electron chi connectivity index (χ2n) is 6.25. The van der Waals surface area contributed by atoms with E-state index in [4.69, 9.17) is 9.47 Å². The van der Waals surface area contributed by atoms with Crippen molar-refractivity contribution >= 4 is 5.91 Å². The highest BCUT2D eigenvalue weighted by Crippen LogP contribution is 2.31. The Bertz CT molecular complexity index is 800. The number of hydrogen-bond acceptors (Lipinski definition) is 5. The highest BCUT2D eigenvalue weighted by molar-refractivity contribution is 5.82. The Hall–Kier alpha value is -2.64. The number of para-hydroxylation sites is 1. The van der Waals surface area contributed by atoms with Crippen LogP contribution in [-0.2, 0) is 11.3 Å². The molecule has 2 unspecified atom stereocenters. The normalized spacial score (nSPS) is 18.9. The molecule has 7 heteroatoms. The maximum atomic E-state index is 13.9. The molecule has 0 spiro atoms. The van der Waals surface area contributed by atoms with E-state index >= 15 is 0 Å². The molecule has 1 heterocycles. The van der Waals surface area contributed by atoms with Gasteiger partial charge in [-0.05, 0) is 25.5 Å². The fourth-order valence-corrected chi connectivity index (χ4v) is 3.16. The van der Waals surface area contributed by atoms with Crippen molar-refractivity contribution in [2.75, 3.05) is 13.7 Å². The summed E-state index contributed by atoms with van der Waals surface area (Å²) in [6.45, 7) is 2.71. The number of carbonyl (C=O) groups excluding carboxylic acids is 1. The van der Waals surface area contributed by atoms with Gasteiger partial charge in [0.2, 0.25) is 5.91 Å². The summed E-state index contributed by atoms with van der Waals surface area (Å²) in [5.74, 6) is 0.815. The van der Waals surface area contributed by atoms with Crippen LogP contribution in [0.5, 0.6) is 11.5 Å². The van der Waals surface area contributed by atoms with Crippen molar-refractivity contribution in [2.24, 2.45) is 0 Å². The monoisotopic (exact) mass is 373 g/mol. The number of methoxy groups -OCH3 is 1. The minimum atomic E-state index is -0.448. The van der Waals surface area contributed by atoms with Crippen molar-refractivity contribution in [3.63, 3.8) is 0 Å². The van der Waals surface area contributed by atoms with Gasteiger partial charge in [0, 0.05) is 17.7 Å². The molecule has 0 saturated carbocycles. The Labute approximate surface area is 158 Å². The van der Waals surface area contributed by atoms with Crippen molar-refractivity contribution in [3.8, 4) is 11.5 Å². The predicted molar refractivity (Wildman–Crippen MR) is 99.8 cm³/mol. The summed E-state index contributed by atoms with van der Waals surface area (Å²) in [6.07, 6.45) is 0.462. The number of benzene rings is 2. The van der Waals surface area contributed by atoms with E-state index in [0.29, 0.717) is 36.6 Å². The van der Waals surface area contributed by atoms with Crippen molar-refractivity contribution in [3.05, 3.63) is 59.4 Å². The van der Waals surface area contributed by atoms with Gasteiger partial charge in [-0.15, -0.1) is 0 Å². The molecule has 1 saturated heterocycles. The Balaban J connectivity index is 1.62. The Kier molecular flexibility index (Phi) is 6.26. The standard InChI is InChI=1S/C20H24FN3O3/c1-3-27-19-13(7-6-10-18(19)26-2)12-22-20(25)17-11-16(23-24-17)14-8-4-5-9-15(14)21/h4-10,16-17,23-24H,3,11-12H2,1-2H3,(H,22,25). The lowest BCUT2D eigenvalue weighted by Gasteiger charge is -2.16. The molecule has 2 aromatic rings. The highest BCUT2D eigenvalue weighted by atomic mass is 19.1. The van der Waals surface area contributed by atoms with Gasteiger partial charge in [0.05, 0.1) is 19.8 Å². The molecule has 1 amide bonds. The third-order valence-electron chi connectivity index (χ3n) is 4.52. The van der Waals surface area contributed by atoms with Gasteiger partial charge < -0.3 is 14.8 Å². The van der Waals surface area contributed by atoms with E-state index in [2.05, 4.69) is 16.2 Å². The number of hydrazine groups is 1. The smallest absolute Gasteiger partial charge is 0.238 e. The lowest BCUT2D eigenvalue weighted by molar-refractivity contribution is -0.123. The first-order valence-electron chi connectivity index (χ1n) is 8.96. The van der Waals surface area contributed by atoms with Crippen molar-refractivity contribution in [1.29, 1.82) is 0 Å². The number of ether oxygens (including phenoxy) is 2. The number of rotatable bonds is 7. The first-order valence-corrected chi connectivity index (χ1v) is 8.96. The molecule has 3 rings (SSSR count). The van der Waals surface area contributed by atoms with Crippen LogP contribution in [-0.4, -0.2) is 25.7 Å². The molecule has 1 fully saturated rings. The number of carbonyl (C=O) groups is 1. The molecule has 0 radical (unpaired) electrons. The van der Waals surface area contributed by atoms with E-state index < -0.39 is 6.04 Å². The molecule has 27 heavy (non-hydrogen) atoms. The molecule has 0 aromatic heterocycles. The average Bonchev–Trinajstić information content (AvgIpc) is 3.17. The zero-order chi connectivity index (χ0) is 19.2. The largest absolute Gasteiger partial charge is 0.493 e. The van der Waals surface area contributed by atoms with E-state index in [0.717, 1.165) is 5.56 Å². The van der Waals surface area contributed by atoms with Gasteiger partial charge in [0.15, 0.2) is 11.5 Å². The molecular formula is C20H24FN3O3. The molecular weight excluding hydrogens is 349 g/mol. The fourth-order valence-electron chi connectivity index (χ4n) is 3.16. The molecule has 2 aromatic carbocycles. The third-order valence-corrected chi connectivity index (χ3v) is 4.52. The van der Waals surface area contributed by atoms with E-state index in [1.807, 2.05) is 25.1 Å². The minimum absolute atomic E-state index is 0.161. The van der Waals surface area contributed by atoms with Crippen LogP contribution < -0.4 is 25.6 Å². The first-order chi connectivity index (χ1) is 13.1. The number of nitrogens with one attached hydrogen (secondary N) is 3. The number of amides is 1. The topological polar surface area (TPSA) is 71.6 Å². The van der Waals surface area contributed by atoms with Crippen LogP contribution in [0.1, 0.15) is 30.5 Å². The van der Waals surface area contributed by atoms with Gasteiger partial charge in [-0.2, -0.15) is 0 Å². The summed E-state index contributed by atoms with van der Waals surface area (Å²) in [5, 5.41) is 2.91. The zero-order valence-corrected chi connectivity index (χ0v) is 15.4. The maximum absolute atomic E-state index is 13.9. The van der Waals surface area contributed by atoms with Crippen LogP contribution in [0.4, 0.5) is 4.39 Å². The van der Waals surface area contributed by atoms with Crippen LogP contribution in [0.3, 0.4) is 0 Å². The first kappa shape index (κ1) is 19.1. The van der Waals surface area contributed by atoms with Crippen LogP contribution in [0.25, 0.3) is 0 Å². The second-order valence-corrected chi connectivity index (χ2v) is 6.25. The molecule has 1 aliphatic heterocycles. The molecule has 6 nitrogen and oxygen atoms in total. The average molecular weight is 373 g/mol. The molecule has 3 N–H and O–H groups in total. The molecule has 144 valence electrons. The zero-order valence-electron chi connectivity index (χ0n) is 15.4. The van der Waals surface area contributed by atoms with E-state index in [1.54, 1.807) is 25.3 Å². The van der Waals surface area contributed by atoms with Crippen LogP contribution in [0.15, 0.2) is 42.5 Å². The fraction of sp³-hybridized carbons (Fsp3) is 0.350. The summed E-state index contributed by atoms with van der Waals surface area (Å²) in [4.78, 5) is 12.5. The predicted octanol–water partition coefficient (Wildman–Crippen LogP) is 2.46. The van der Waals surface area contributed by atoms with Gasteiger partial charge in [0.1, 0.15) is 11.9 Å². The summed E-state index contributed by atoms with van der Waals surface area (Å²) in [6, 6.07) is 11.4. The molecule has 0 bridgehead atoms. The number of halogens is 1. The van der Waals surface area contributed by atoms with E-state index in [-0.39, 0.29) is 17.8 Å². The van der Waals surface area contributed by atoms with Crippen molar-refractivity contribution < 1.29 is 18.7 Å². The Morgan fingerprint density at radius 2 is 2.04 bits per heavy atom. The molecule has 0 aliphatic carbocycles. The van der Waals surface area contributed by atoms with E-state index in [9.17, 15) is 9.18 Å². The summed E-state index contributed by atoms with van der Waals surface area (Å²) in [7, 11) is 1.58. The Morgan fingerprint density at radius 3 is 2.78 bits per heavy atom. The van der Waals surface area contributed by atoms with Gasteiger partial charge in [-0.25, -0.2) is 15.2 Å². The number of hydrogen-bond donors (Lipinski definition) is 3. The van der Waals surface area contributed by atoms with Crippen LogP contribution in [0, 0.1) is 5.82 Å². The third kappa shape index (κ3) is 4.37. The van der Waals surface area contributed by atoms with Gasteiger partial charge in [-0.3, -0.25) is 4.79 Å². The lowest BCUT2D eigenvalue weighted by Crippen LogP contribution is -2.42. The lowest BCUT2D eigenvalue weighted by atomic mass is 10.0. The Morgan fingerprint density at radius 1 is 1.22 bits per heavy atom. The van der Waals surface area contributed by atoms with Gasteiger partial charge >= 0.3 is 0 Å². The maximum Gasteiger partial charge on any atom is 0.238 e. The van der Waals surface area contributed by atoms with Crippen molar-refractivity contribution in [1.82, 2.24) is 16.2 Å². The van der Waals surface area contributed by atoms with Crippen molar-refractivity contribution in [2.45, 2.75) is 32.0 Å². The molecule has 2 atom stereocenters. The van der Waals surface area contributed by atoms with Crippen LogP contribution >= 0.6 is 0 Å². The van der Waals surface area contributed by atoms with Gasteiger partial charge in [0.25, 0.3) is 0 Å². The minimum Gasteiger partial charge on any atom is -0.493 e. The van der Waals surface area contributed by atoms with E-state index in [1.165, 1.54) is 6.07 Å². The SMILES string of the molecule is CCOc1c(CNC(=O)C2CC(c3ccccc3F)NN2)cccc1OC. The summed E-state index contributed by atoms with van der Waals surface area (Å²) < 4.78 is 24.9. The second kappa shape index (κ2) is 8.83.